The number of ether oxygens (including phenoxy) is 5. The zero-order valence-electron chi connectivity index (χ0n) is 24.0. The van der Waals surface area contributed by atoms with Crippen molar-refractivity contribution in [2.75, 3.05) is 20.3 Å². The Morgan fingerprint density at radius 1 is 0.548 bits per heavy atom. The van der Waals surface area contributed by atoms with Gasteiger partial charge in [0.15, 0.2) is 0 Å². The second kappa shape index (κ2) is 17.4. The van der Waals surface area contributed by atoms with E-state index in [9.17, 15) is 10.2 Å². The number of benzene rings is 4. The zero-order valence-corrected chi connectivity index (χ0v) is 24.0. The summed E-state index contributed by atoms with van der Waals surface area (Å²) < 4.78 is 30.1. The van der Waals surface area contributed by atoms with Crippen LogP contribution in [0.5, 0.6) is 5.75 Å². The van der Waals surface area contributed by atoms with E-state index in [1.165, 1.54) is 0 Å². The Hall–Kier alpha value is -3.56. The van der Waals surface area contributed by atoms with Crippen molar-refractivity contribution >= 4 is 0 Å². The van der Waals surface area contributed by atoms with Gasteiger partial charge in [0.2, 0.25) is 0 Å². The van der Waals surface area contributed by atoms with Gasteiger partial charge in [-0.3, -0.25) is 0 Å². The lowest BCUT2D eigenvalue weighted by Gasteiger charge is -2.35. The van der Waals surface area contributed by atoms with E-state index in [4.69, 9.17) is 23.7 Å². The highest BCUT2D eigenvalue weighted by atomic mass is 16.6. The van der Waals surface area contributed by atoms with Gasteiger partial charge in [-0.25, -0.2) is 0 Å². The van der Waals surface area contributed by atoms with Gasteiger partial charge >= 0.3 is 0 Å². The van der Waals surface area contributed by atoms with Gasteiger partial charge in [0.1, 0.15) is 30.2 Å². The van der Waals surface area contributed by atoms with E-state index >= 15 is 0 Å². The minimum Gasteiger partial charge on any atom is -0.497 e. The van der Waals surface area contributed by atoms with Crippen molar-refractivity contribution in [3.8, 4) is 5.75 Å². The van der Waals surface area contributed by atoms with Gasteiger partial charge in [-0.2, -0.15) is 0 Å². The molecule has 0 saturated carbocycles. The lowest BCUT2D eigenvalue weighted by atomic mass is 10.0. The van der Waals surface area contributed by atoms with Crippen LogP contribution in [-0.4, -0.2) is 55.0 Å². The molecule has 222 valence electrons. The van der Waals surface area contributed by atoms with Crippen LogP contribution in [0.25, 0.3) is 0 Å². The average molecular weight is 573 g/mol. The number of hydrogen-bond donors (Lipinski definition) is 2. The van der Waals surface area contributed by atoms with Crippen molar-refractivity contribution in [3.63, 3.8) is 0 Å². The van der Waals surface area contributed by atoms with Gasteiger partial charge < -0.3 is 33.9 Å². The molecule has 0 heterocycles. The fourth-order valence-corrected chi connectivity index (χ4v) is 4.52. The number of hydrogen-bond acceptors (Lipinski definition) is 7. The first-order chi connectivity index (χ1) is 20.7. The molecule has 0 radical (unpaired) electrons. The highest BCUT2D eigenvalue weighted by molar-refractivity contribution is 5.26. The normalized spacial score (nSPS) is 14.2. The fraction of sp³-hybridized carbons (Fsp3) is 0.314. The second-order valence-corrected chi connectivity index (χ2v) is 9.97. The summed E-state index contributed by atoms with van der Waals surface area (Å²) in [5, 5.41) is 21.9. The maximum absolute atomic E-state index is 11.4. The van der Waals surface area contributed by atoms with Crippen molar-refractivity contribution in [1.29, 1.82) is 0 Å². The maximum atomic E-state index is 11.4. The van der Waals surface area contributed by atoms with E-state index in [1.54, 1.807) is 7.11 Å². The molecule has 7 nitrogen and oxygen atoms in total. The summed E-state index contributed by atoms with van der Waals surface area (Å²) in [6.45, 7) is 0.733. The van der Waals surface area contributed by atoms with E-state index in [0.29, 0.717) is 6.61 Å². The van der Waals surface area contributed by atoms with Crippen LogP contribution in [0.15, 0.2) is 115 Å². The van der Waals surface area contributed by atoms with Crippen LogP contribution in [0.2, 0.25) is 0 Å². The van der Waals surface area contributed by atoms with E-state index in [1.807, 2.05) is 115 Å². The molecule has 4 aromatic rings. The quantitative estimate of drug-likeness (QED) is 0.167. The molecule has 7 heteroatoms. The SMILES string of the molecule is COc1ccc(CO[C@@H](CO)[C@@H](OCc2ccccc2)[C@H](OCc2ccccc2)[C@H](O)COCc2ccccc2)cc1. The number of rotatable bonds is 18. The van der Waals surface area contributed by atoms with Gasteiger partial charge in [-0.1, -0.05) is 103 Å². The monoisotopic (exact) mass is 572 g/mol. The predicted octanol–water partition coefficient (Wildman–Crippen LogP) is 5.32. The molecule has 0 spiro atoms. The summed E-state index contributed by atoms with van der Waals surface area (Å²) in [6.07, 6.45) is -3.53. The molecular weight excluding hydrogens is 532 g/mol. The molecule has 0 aliphatic rings. The summed E-state index contributed by atoms with van der Waals surface area (Å²) >= 11 is 0. The third-order valence-corrected chi connectivity index (χ3v) is 6.84. The summed E-state index contributed by atoms with van der Waals surface area (Å²) in [4.78, 5) is 0. The van der Waals surface area contributed by atoms with E-state index in [-0.39, 0.29) is 33.0 Å². The average Bonchev–Trinajstić information content (AvgIpc) is 3.05. The van der Waals surface area contributed by atoms with Gasteiger partial charge in [0.25, 0.3) is 0 Å². The molecule has 0 aliphatic heterocycles. The van der Waals surface area contributed by atoms with Crippen LogP contribution in [-0.2, 0) is 45.4 Å². The van der Waals surface area contributed by atoms with Crippen molar-refractivity contribution in [2.45, 2.75) is 50.8 Å². The molecule has 0 aromatic heterocycles. The fourth-order valence-electron chi connectivity index (χ4n) is 4.52. The minimum atomic E-state index is -1.06. The van der Waals surface area contributed by atoms with Crippen LogP contribution in [0.1, 0.15) is 22.3 Å². The van der Waals surface area contributed by atoms with Crippen LogP contribution in [0, 0.1) is 0 Å². The number of aliphatic hydroxyl groups excluding tert-OH is 2. The van der Waals surface area contributed by atoms with Gasteiger partial charge in [0.05, 0.1) is 46.8 Å². The van der Waals surface area contributed by atoms with Crippen LogP contribution < -0.4 is 4.74 Å². The standard InChI is InChI=1S/C35H40O7/c1-38-31-19-17-30(18-20-31)23-40-33(21-36)35(42-25-29-15-9-4-10-16-29)34(41-24-28-13-7-3-8-14-28)32(37)26-39-22-27-11-5-2-6-12-27/h2-20,32-37H,21-26H2,1H3/t32-,33+,34-,35-/m1/s1. The van der Waals surface area contributed by atoms with Gasteiger partial charge in [-0.15, -0.1) is 0 Å². The molecule has 0 bridgehead atoms. The molecule has 42 heavy (non-hydrogen) atoms. The van der Waals surface area contributed by atoms with Gasteiger partial charge in [-0.05, 0) is 34.4 Å². The third kappa shape index (κ3) is 10.1. The molecule has 0 fully saturated rings. The second-order valence-electron chi connectivity index (χ2n) is 9.97. The Morgan fingerprint density at radius 2 is 1.00 bits per heavy atom. The molecule has 0 amide bonds. The van der Waals surface area contributed by atoms with Crippen molar-refractivity contribution < 1.29 is 33.9 Å². The third-order valence-electron chi connectivity index (χ3n) is 6.84. The van der Waals surface area contributed by atoms with Crippen LogP contribution in [0.4, 0.5) is 0 Å². The smallest absolute Gasteiger partial charge is 0.118 e. The van der Waals surface area contributed by atoms with Gasteiger partial charge in [0, 0.05) is 0 Å². The minimum absolute atomic E-state index is 0.0101. The predicted molar refractivity (Wildman–Crippen MR) is 161 cm³/mol. The molecule has 4 aromatic carbocycles. The molecule has 0 saturated heterocycles. The first-order valence-corrected chi connectivity index (χ1v) is 14.1. The van der Waals surface area contributed by atoms with E-state index < -0.39 is 24.4 Å². The molecule has 0 aliphatic carbocycles. The largest absolute Gasteiger partial charge is 0.497 e. The first kappa shape index (κ1) is 31.4. The zero-order chi connectivity index (χ0) is 29.4. The summed E-state index contributed by atoms with van der Waals surface area (Å²) in [6, 6.07) is 36.8. The Kier molecular flexibility index (Phi) is 13.0. The Bertz CT molecular complexity index is 1250. The van der Waals surface area contributed by atoms with Crippen LogP contribution in [0.3, 0.4) is 0 Å². The summed E-state index contributed by atoms with van der Waals surface area (Å²) in [5.74, 6) is 0.745. The highest BCUT2D eigenvalue weighted by Crippen LogP contribution is 2.22. The molecule has 4 rings (SSSR count). The molecule has 4 atom stereocenters. The van der Waals surface area contributed by atoms with Crippen molar-refractivity contribution in [2.24, 2.45) is 0 Å². The van der Waals surface area contributed by atoms with Crippen molar-refractivity contribution in [1.82, 2.24) is 0 Å². The highest BCUT2D eigenvalue weighted by Gasteiger charge is 2.37. The number of aliphatic hydroxyl groups is 2. The maximum Gasteiger partial charge on any atom is 0.118 e. The van der Waals surface area contributed by atoms with Crippen LogP contribution >= 0.6 is 0 Å². The lowest BCUT2D eigenvalue weighted by Crippen LogP contribution is -2.51. The Balaban J connectivity index is 1.53. The summed E-state index contributed by atoms with van der Waals surface area (Å²) in [5.41, 5.74) is 3.80. The lowest BCUT2D eigenvalue weighted by molar-refractivity contribution is -0.193. The van der Waals surface area contributed by atoms with E-state index in [2.05, 4.69) is 0 Å². The first-order valence-electron chi connectivity index (χ1n) is 14.1. The molecule has 2 N–H and O–H groups in total. The van der Waals surface area contributed by atoms with E-state index in [0.717, 1.165) is 28.0 Å². The Labute approximate surface area is 248 Å². The number of methoxy groups -OCH3 is 1. The topological polar surface area (TPSA) is 86.6 Å². The van der Waals surface area contributed by atoms with Crippen molar-refractivity contribution in [3.05, 3.63) is 138 Å². The molecular formula is C35H40O7. The summed E-state index contributed by atoms with van der Waals surface area (Å²) in [7, 11) is 1.62. The Morgan fingerprint density at radius 3 is 1.50 bits per heavy atom. The molecule has 0 unspecified atom stereocenters.